The second-order valence-electron chi connectivity index (χ2n) is 5.68. The van der Waals surface area contributed by atoms with Crippen molar-refractivity contribution in [3.63, 3.8) is 0 Å². The highest BCUT2D eigenvalue weighted by atomic mass is 35.5. The topological polar surface area (TPSA) is 42.2 Å². The Morgan fingerprint density at radius 2 is 1.95 bits per heavy atom. The van der Waals surface area contributed by atoms with Crippen LogP contribution in [0.3, 0.4) is 0 Å². The molecule has 0 radical (unpaired) electrons. The number of alkyl halides is 1. The van der Waals surface area contributed by atoms with Crippen molar-refractivity contribution < 1.29 is 9.90 Å². The molecule has 1 heterocycles. The molecular formula is C16H18ClNO2. The molecule has 0 spiro atoms. The highest BCUT2D eigenvalue weighted by molar-refractivity contribution is 6.22. The number of hydrogen-bond donors (Lipinski definition) is 1. The summed E-state index contributed by atoms with van der Waals surface area (Å²) >= 11 is 6.87. The molecule has 1 aliphatic rings. The van der Waals surface area contributed by atoms with Crippen LogP contribution in [-0.4, -0.2) is 15.6 Å². The molecule has 4 heteroatoms. The maximum atomic E-state index is 11.2. The van der Waals surface area contributed by atoms with Gasteiger partial charge in [0.05, 0.1) is 11.1 Å². The van der Waals surface area contributed by atoms with Gasteiger partial charge in [0.1, 0.15) is 5.00 Å². The van der Waals surface area contributed by atoms with Gasteiger partial charge in [-0.3, -0.25) is 0 Å². The van der Waals surface area contributed by atoms with E-state index in [1.165, 1.54) is 6.42 Å². The quantitative estimate of drug-likeness (QED) is 0.828. The normalized spacial score (nSPS) is 18.3. The lowest BCUT2D eigenvalue weighted by atomic mass is 9.94. The predicted molar refractivity (Wildman–Crippen MR) is 80.5 cm³/mol. The van der Waals surface area contributed by atoms with E-state index in [2.05, 4.69) is 10.6 Å². The first-order valence-corrected chi connectivity index (χ1v) is 7.44. The minimum absolute atomic E-state index is 0.313. The summed E-state index contributed by atoms with van der Waals surface area (Å²) in [5.41, 5.74) is 2.34. The van der Waals surface area contributed by atoms with E-state index in [4.69, 9.17) is 11.6 Å². The zero-order valence-electron chi connectivity index (χ0n) is 11.5. The number of aromatic nitrogens is 1. The van der Waals surface area contributed by atoms with Gasteiger partial charge >= 0.3 is 5.97 Å². The number of aryl methyl sites for hydroxylation is 1. The Morgan fingerprint density at radius 1 is 1.25 bits per heavy atom. The van der Waals surface area contributed by atoms with E-state index in [9.17, 15) is 9.90 Å². The number of benzene rings is 1. The van der Waals surface area contributed by atoms with E-state index >= 15 is 0 Å². The molecule has 0 amide bonds. The number of halogens is 1. The van der Waals surface area contributed by atoms with E-state index in [1.807, 2.05) is 13.0 Å². The summed E-state index contributed by atoms with van der Waals surface area (Å²) in [6.07, 6.45) is 5.36. The summed E-state index contributed by atoms with van der Waals surface area (Å²) in [4.78, 5) is 10.8. The standard InChI is InChI=1S/C16H18ClNO2/c1-11-9-12-5-6-13(15(19)20)10-14(12)18(11)16(17)7-3-2-4-8-16/h5-6,9-10H,2-4,7-8H2,1H3,(H,19,20). The van der Waals surface area contributed by atoms with E-state index in [0.717, 1.165) is 42.3 Å². The molecule has 0 aliphatic heterocycles. The third kappa shape index (κ3) is 2.10. The van der Waals surface area contributed by atoms with Crippen molar-refractivity contribution in [3.05, 3.63) is 35.5 Å². The van der Waals surface area contributed by atoms with Crippen molar-refractivity contribution in [1.82, 2.24) is 4.57 Å². The summed E-state index contributed by atoms with van der Waals surface area (Å²) in [7, 11) is 0. The molecule has 0 saturated heterocycles. The van der Waals surface area contributed by atoms with Gasteiger partial charge in [-0.2, -0.15) is 0 Å². The maximum Gasteiger partial charge on any atom is 0.335 e. The molecule has 2 aromatic rings. The lowest BCUT2D eigenvalue weighted by molar-refractivity contribution is 0.0697. The molecular weight excluding hydrogens is 274 g/mol. The van der Waals surface area contributed by atoms with E-state index in [0.29, 0.717) is 5.56 Å². The molecule has 1 aromatic heterocycles. The predicted octanol–water partition coefficient (Wildman–Crippen LogP) is 4.50. The molecule has 3 nitrogen and oxygen atoms in total. The van der Waals surface area contributed by atoms with Gasteiger partial charge < -0.3 is 9.67 Å². The van der Waals surface area contributed by atoms with Crippen LogP contribution in [-0.2, 0) is 5.00 Å². The van der Waals surface area contributed by atoms with Crippen molar-refractivity contribution in [3.8, 4) is 0 Å². The molecule has 0 bridgehead atoms. The summed E-state index contributed by atoms with van der Waals surface area (Å²) in [5.74, 6) is -0.899. The van der Waals surface area contributed by atoms with Crippen molar-refractivity contribution >= 4 is 28.5 Å². The highest BCUT2D eigenvalue weighted by Crippen LogP contribution is 2.42. The van der Waals surface area contributed by atoms with Gasteiger partial charge in [-0.05, 0) is 56.2 Å². The van der Waals surface area contributed by atoms with Crippen molar-refractivity contribution in [2.45, 2.75) is 44.0 Å². The minimum Gasteiger partial charge on any atom is -0.478 e. The van der Waals surface area contributed by atoms with Gasteiger partial charge in [0.25, 0.3) is 0 Å². The summed E-state index contributed by atoms with van der Waals surface area (Å²) in [6.45, 7) is 2.04. The van der Waals surface area contributed by atoms with Gasteiger partial charge in [-0.1, -0.05) is 24.1 Å². The van der Waals surface area contributed by atoms with Crippen molar-refractivity contribution in [2.24, 2.45) is 0 Å². The molecule has 0 unspecified atom stereocenters. The first-order valence-electron chi connectivity index (χ1n) is 7.06. The van der Waals surface area contributed by atoms with Gasteiger partial charge in [-0.15, -0.1) is 0 Å². The van der Waals surface area contributed by atoms with Crippen LogP contribution in [0.2, 0.25) is 0 Å². The fourth-order valence-electron chi connectivity index (χ4n) is 3.32. The van der Waals surface area contributed by atoms with Crippen LogP contribution in [0.1, 0.15) is 48.2 Å². The number of fused-ring (bicyclic) bond motifs is 1. The van der Waals surface area contributed by atoms with Gasteiger partial charge in [-0.25, -0.2) is 4.79 Å². The van der Waals surface area contributed by atoms with E-state index < -0.39 is 11.0 Å². The molecule has 1 fully saturated rings. The molecule has 1 saturated carbocycles. The van der Waals surface area contributed by atoms with Crippen LogP contribution in [0.15, 0.2) is 24.3 Å². The largest absolute Gasteiger partial charge is 0.478 e. The van der Waals surface area contributed by atoms with Gasteiger partial charge in [0.15, 0.2) is 0 Å². The van der Waals surface area contributed by atoms with Crippen LogP contribution < -0.4 is 0 Å². The van der Waals surface area contributed by atoms with Crippen LogP contribution in [0.4, 0.5) is 0 Å². The second-order valence-corrected chi connectivity index (χ2v) is 6.38. The molecule has 1 N–H and O–H groups in total. The Balaban J connectivity index is 2.20. The number of rotatable bonds is 2. The zero-order valence-corrected chi connectivity index (χ0v) is 12.3. The summed E-state index contributed by atoms with van der Waals surface area (Å²) < 4.78 is 2.13. The SMILES string of the molecule is Cc1cc2ccc(C(=O)O)cc2n1C1(Cl)CCCCC1. The number of nitrogens with zero attached hydrogens (tertiary/aromatic N) is 1. The van der Waals surface area contributed by atoms with Gasteiger partial charge in [0.2, 0.25) is 0 Å². The summed E-state index contributed by atoms with van der Waals surface area (Å²) in [6, 6.07) is 7.34. The van der Waals surface area contributed by atoms with Crippen molar-refractivity contribution in [1.29, 1.82) is 0 Å². The number of aromatic carboxylic acids is 1. The fraction of sp³-hybridized carbons (Fsp3) is 0.438. The van der Waals surface area contributed by atoms with Crippen LogP contribution in [0, 0.1) is 6.92 Å². The number of hydrogen-bond acceptors (Lipinski definition) is 1. The molecule has 3 rings (SSSR count). The Hall–Kier alpha value is -1.48. The van der Waals surface area contributed by atoms with Crippen LogP contribution >= 0.6 is 11.6 Å². The highest BCUT2D eigenvalue weighted by Gasteiger charge is 2.33. The molecule has 20 heavy (non-hydrogen) atoms. The third-order valence-electron chi connectivity index (χ3n) is 4.26. The first kappa shape index (κ1) is 13.5. The average Bonchev–Trinajstić information content (AvgIpc) is 2.74. The van der Waals surface area contributed by atoms with Crippen LogP contribution in [0.25, 0.3) is 10.9 Å². The van der Waals surface area contributed by atoms with Crippen molar-refractivity contribution in [2.75, 3.05) is 0 Å². The second kappa shape index (κ2) is 4.81. The Bertz CT molecular complexity index is 668. The van der Waals surface area contributed by atoms with Gasteiger partial charge in [0, 0.05) is 5.69 Å². The Kier molecular flexibility index (Phi) is 3.25. The first-order chi connectivity index (χ1) is 9.51. The lowest BCUT2D eigenvalue weighted by Crippen LogP contribution is -2.30. The molecule has 0 atom stereocenters. The Morgan fingerprint density at radius 3 is 2.60 bits per heavy atom. The lowest BCUT2D eigenvalue weighted by Gasteiger charge is -2.34. The molecule has 1 aromatic carbocycles. The van der Waals surface area contributed by atoms with Crippen LogP contribution in [0.5, 0.6) is 0 Å². The molecule has 106 valence electrons. The fourth-order valence-corrected chi connectivity index (χ4v) is 3.81. The summed E-state index contributed by atoms with van der Waals surface area (Å²) in [5, 5.41) is 10.2. The Labute approximate surface area is 123 Å². The minimum atomic E-state index is -0.899. The average molecular weight is 292 g/mol. The molecule has 1 aliphatic carbocycles. The van der Waals surface area contributed by atoms with E-state index in [-0.39, 0.29) is 0 Å². The zero-order chi connectivity index (χ0) is 14.3. The third-order valence-corrected chi connectivity index (χ3v) is 4.80. The van der Waals surface area contributed by atoms with E-state index in [1.54, 1.807) is 12.1 Å². The number of carbonyl (C=O) groups is 1. The number of carboxylic acids is 1. The number of carboxylic acid groups (broad SMARTS) is 1. The smallest absolute Gasteiger partial charge is 0.335 e. The monoisotopic (exact) mass is 291 g/mol. The maximum absolute atomic E-state index is 11.2.